The smallest absolute Gasteiger partial charge is 0.416 e. The summed E-state index contributed by atoms with van der Waals surface area (Å²) in [5.41, 5.74) is 0.0326. The molecule has 6 heteroatoms. The summed E-state index contributed by atoms with van der Waals surface area (Å²) in [7, 11) is 1.30. The van der Waals surface area contributed by atoms with E-state index < -0.39 is 17.8 Å². The van der Waals surface area contributed by atoms with E-state index in [1.165, 1.54) is 19.2 Å². The number of alkyl halides is 3. The minimum atomic E-state index is -4.34. The molecular weight excluding hydrogens is 259 g/mol. The third kappa shape index (κ3) is 2.89. The largest absolute Gasteiger partial charge is 0.468 e. The van der Waals surface area contributed by atoms with Crippen molar-refractivity contribution in [2.24, 2.45) is 0 Å². The Bertz CT molecular complexity index is 456. The second kappa shape index (κ2) is 5.21. The Labute approximate surface area is 108 Å². The van der Waals surface area contributed by atoms with Crippen molar-refractivity contribution in [3.63, 3.8) is 0 Å². The first-order valence-corrected chi connectivity index (χ1v) is 5.92. The molecule has 1 saturated heterocycles. The number of rotatable bonds is 2. The SMILES string of the molecule is COC(=O)C1NCCC1c1ccc(C(F)(F)F)cc1. The number of carbonyl (C=O) groups is 1. The molecule has 0 saturated carbocycles. The van der Waals surface area contributed by atoms with Crippen molar-refractivity contribution in [3.05, 3.63) is 35.4 Å². The Balaban J connectivity index is 2.20. The normalized spacial score (nSPS) is 23.4. The molecule has 19 heavy (non-hydrogen) atoms. The molecule has 1 aliphatic rings. The van der Waals surface area contributed by atoms with Gasteiger partial charge in [-0.25, -0.2) is 0 Å². The third-order valence-corrected chi connectivity index (χ3v) is 3.34. The van der Waals surface area contributed by atoms with E-state index in [9.17, 15) is 18.0 Å². The first-order chi connectivity index (χ1) is 8.93. The van der Waals surface area contributed by atoms with Crippen LogP contribution in [-0.4, -0.2) is 25.7 Å². The first-order valence-electron chi connectivity index (χ1n) is 5.92. The molecule has 3 nitrogen and oxygen atoms in total. The zero-order valence-electron chi connectivity index (χ0n) is 10.3. The lowest BCUT2D eigenvalue weighted by molar-refractivity contribution is -0.143. The van der Waals surface area contributed by atoms with Crippen LogP contribution in [0.25, 0.3) is 0 Å². The first kappa shape index (κ1) is 13.9. The van der Waals surface area contributed by atoms with Crippen molar-refractivity contribution in [2.75, 3.05) is 13.7 Å². The summed E-state index contributed by atoms with van der Waals surface area (Å²) in [4.78, 5) is 11.6. The van der Waals surface area contributed by atoms with Crippen molar-refractivity contribution in [1.82, 2.24) is 5.32 Å². The predicted octanol–water partition coefficient (Wildman–Crippen LogP) is 2.32. The lowest BCUT2D eigenvalue weighted by atomic mass is 9.91. The molecule has 1 aliphatic heterocycles. The van der Waals surface area contributed by atoms with Crippen LogP contribution >= 0.6 is 0 Å². The average Bonchev–Trinajstić information content (AvgIpc) is 2.86. The van der Waals surface area contributed by atoms with Crippen LogP contribution in [0, 0.1) is 0 Å². The second-order valence-electron chi connectivity index (χ2n) is 4.47. The molecule has 2 rings (SSSR count). The Hall–Kier alpha value is -1.56. The van der Waals surface area contributed by atoms with Crippen molar-refractivity contribution in [3.8, 4) is 0 Å². The van der Waals surface area contributed by atoms with Gasteiger partial charge in [0, 0.05) is 5.92 Å². The second-order valence-corrected chi connectivity index (χ2v) is 4.47. The molecule has 1 fully saturated rings. The molecule has 0 amide bonds. The van der Waals surface area contributed by atoms with Crippen LogP contribution in [0.3, 0.4) is 0 Å². The quantitative estimate of drug-likeness (QED) is 0.840. The van der Waals surface area contributed by atoms with Gasteiger partial charge in [-0.2, -0.15) is 13.2 Å². The lowest BCUT2D eigenvalue weighted by Gasteiger charge is -2.18. The van der Waals surface area contributed by atoms with Gasteiger partial charge >= 0.3 is 12.1 Å². The maximum atomic E-state index is 12.5. The van der Waals surface area contributed by atoms with Crippen molar-refractivity contribution < 1.29 is 22.7 Å². The fourth-order valence-electron chi connectivity index (χ4n) is 2.36. The lowest BCUT2D eigenvalue weighted by Crippen LogP contribution is -2.35. The molecular formula is C13H14F3NO2. The summed E-state index contributed by atoms with van der Waals surface area (Å²) < 4.78 is 42.1. The molecule has 104 valence electrons. The predicted molar refractivity (Wildman–Crippen MR) is 62.6 cm³/mol. The van der Waals surface area contributed by atoms with E-state index in [0.717, 1.165) is 12.1 Å². The number of methoxy groups -OCH3 is 1. The molecule has 2 atom stereocenters. The van der Waals surface area contributed by atoms with Gasteiger partial charge in [0.05, 0.1) is 12.7 Å². The number of hydrogen-bond donors (Lipinski definition) is 1. The molecule has 0 bridgehead atoms. The number of ether oxygens (including phenoxy) is 1. The summed E-state index contributed by atoms with van der Waals surface area (Å²) in [5, 5.41) is 3.00. The van der Waals surface area contributed by atoms with E-state index >= 15 is 0 Å². The Morgan fingerprint density at radius 2 is 1.95 bits per heavy atom. The van der Waals surface area contributed by atoms with Crippen LogP contribution in [-0.2, 0) is 15.7 Å². The highest BCUT2D eigenvalue weighted by atomic mass is 19.4. The van der Waals surface area contributed by atoms with Gasteiger partial charge in [-0.15, -0.1) is 0 Å². The Kier molecular flexibility index (Phi) is 3.80. The number of benzene rings is 1. The van der Waals surface area contributed by atoms with Gasteiger partial charge in [0.1, 0.15) is 6.04 Å². The van der Waals surface area contributed by atoms with Crippen LogP contribution in [0.15, 0.2) is 24.3 Å². The molecule has 0 aromatic heterocycles. The van der Waals surface area contributed by atoms with Crippen LogP contribution < -0.4 is 5.32 Å². The molecule has 2 unspecified atom stereocenters. The van der Waals surface area contributed by atoms with Gasteiger partial charge in [0.15, 0.2) is 0 Å². The number of hydrogen-bond acceptors (Lipinski definition) is 3. The summed E-state index contributed by atoms with van der Waals surface area (Å²) in [6.07, 6.45) is -3.64. The molecule has 1 aromatic carbocycles. The van der Waals surface area contributed by atoms with Crippen LogP contribution in [0.5, 0.6) is 0 Å². The fraction of sp³-hybridized carbons (Fsp3) is 0.462. The number of esters is 1. The fourth-order valence-corrected chi connectivity index (χ4v) is 2.36. The highest BCUT2D eigenvalue weighted by Gasteiger charge is 2.35. The Morgan fingerprint density at radius 3 is 2.47 bits per heavy atom. The van der Waals surface area contributed by atoms with Crippen LogP contribution in [0.1, 0.15) is 23.5 Å². The number of carbonyl (C=O) groups excluding carboxylic acids is 1. The monoisotopic (exact) mass is 273 g/mol. The van der Waals surface area contributed by atoms with Gasteiger partial charge in [0.2, 0.25) is 0 Å². The van der Waals surface area contributed by atoms with Crippen molar-refractivity contribution in [1.29, 1.82) is 0 Å². The highest BCUT2D eigenvalue weighted by Crippen LogP contribution is 2.33. The summed E-state index contributed by atoms with van der Waals surface area (Å²) in [6.45, 7) is 0.644. The van der Waals surface area contributed by atoms with Crippen molar-refractivity contribution >= 4 is 5.97 Å². The zero-order valence-corrected chi connectivity index (χ0v) is 10.3. The van der Waals surface area contributed by atoms with E-state index in [4.69, 9.17) is 0 Å². The van der Waals surface area contributed by atoms with Gasteiger partial charge in [-0.3, -0.25) is 4.79 Å². The van der Waals surface area contributed by atoms with Gasteiger partial charge < -0.3 is 10.1 Å². The van der Waals surface area contributed by atoms with Crippen molar-refractivity contribution in [2.45, 2.75) is 24.6 Å². The topological polar surface area (TPSA) is 38.3 Å². The standard InChI is InChI=1S/C13H14F3NO2/c1-19-12(18)11-10(6-7-17-11)8-2-4-9(5-3-8)13(14,15)16/h2-5,10-11,17H,6-7H2,1H3. The molecule has 0 radical (unpaired) electrons. The minimum absolute atomic E-state index is 0.144. The van der Waals surface area contributed by atoms with Crippen LogP contribution in [0.2, 0.25) is 0 Å². The van der Waals surface area contributed by atoms with E-state index in [-0.39, 0.29) is 11.9 Å². The van der Waals surface area contributed by atoms with E-state index in [0.29, 0.717) is 18.5 Å². The average molecular weight is 273 g/mol. The number of nitrogens with one attached hydrogen (secondary N) is 1. The summed E-state index contributed by atoms with van der Waals surface area (Å²) in [5.74, 6) is -0.530. The number of halogens is 3. The highest BCUT2D eigenvalue weighted by molar-refractivity contribution is 5.77. The zero-order chi connectivity index (χ0) is 14.0. The minimum Gasteiger partial charge on any atom is -0.468 e. The van der Waals surface area contributed by atoms with Crippen LogP contribution in [0.4, 0.5) is 13.2 Å². The van der Waals surface area contributed by atoms with Gasteiger partial charge in [-0.05, 0) is 30.7 Å². The maximum absolute atomic E-state index is 12.5. The Morgan fingerprint density at radius 1 is 1.32 bits per heavy atom. The van der Waals surface area contributed by atoms with Gasteiger partial charge in [0.25, 0.3) is 0 Å². The molecule has 0 spiro atoms. The van der Waals surface area contributed by atoms with E-state index in [1.807, 2.05) is 0 Å². The summed E-state index contributed by atoms with van der Waals surface area (Å²) >= 11 is 0. The van der Waals surface area contributed by atoms with E-state index in [1.54, 1.807) is 0 Å². The third-order valence-electron chi connectivity index (χ3n) is 3.34. The summed E-state index contributed by atoms with van der Waals surface area (Å²) in [6, 6.07) is 4.46. The molecule has 0 aliphatic carbocycles. The van der Waals surface area contributed by atoms with E-state index in [2.05, 4.69) is 10.1 Å². The van der Waals surface area contributed by atoms with Gasteiger partial charge in [-0.1, -0.05) is 12.1 Å². The molecule has 1 N–H and O–H groups in total. The molecule has 1 heterocycles. The molecule has 1 aromatic rings. The maximum Gasteiger partial charge on any atom is 0.416 e.